The Morgan fingerprint density at radius 3 is 2.61 bits per heavy atom. The number of ketones is 1. The van der Waals surface area contributed by atoms with Gasteiger partial charge in [-0.15, -0.1) is 0 Å². The highest BCUT2D eigenvalue weighted by Crippen LogP contribution is 2.28. The van der Waals surface area contributed by atoms with Gasteiger partial charge in [-0.3, -0.25) is 14.4 Å². The summed E-state index contributed by atoms with van der Waals surface area (Å²) in [6.07, 6.45) is 3.51. The molecule has 2 fully saturated rings. The van der Waals surface area contributed by atoms with Crippen LogP contribution in [0.25, 0.3) is 0 Å². The monoisotopic (exact) mass is 386 g/mol. The molecule has 28 heavy (non-hydrogen) atoms. The van der Waals surface area contributed by atoms with Crippen LogP contribution in [0.5, 0.6) is 0 Å². The summed E-state index contributed by atoms with van der Waals surface area (Å²) in [6, 6.07) is 8.49. The van der Waals surface area contributed by atoms with Crippen LogP contribution in [0.2, 0.25) is 0 Å². The first kappa shape index (κ1) is 20.5. The smallest absolute Gasteiger partial charge is 0.227 e. The van der Waals surface area contributed by atoms with E-state index in [1.165, 1.54) is 6.42 Å². The molecule has 2 heterocycles. The lowest BCUT2D eigenvalue weighted by Gasteiger charge is -2.27. The van der Waals surface area contributed by atoms with Crippen molar-refractivity contribution in [3.05, 3.63) is 42.3 Å². The second-order valence-corrected chi connectivity index (χ2v) is 7.78. The molecule has 3 rings (SSSR count). The van der Waals surface area contributed by atoms with Gasteiger partial charge in [0, 0.05) is 6.54 Å². The molecule has 1 aromatic carbocycles. The zero-order valence-electron chi connectivity index (χ0n) is 16.2. The molecule has 151 valence electrons. The molecule has 2 aliphatic heterocycles. The minimum Gasteiger partial charge on any atom is -0.369 e. The molecule has 2 saturated heterocycles. The van der Waals surface area contributed by atoms with Crippen LogP contribution in [0.1, 0.15) is 31.7 Å². The van der Waals surface area contributed by atoms with Crippen LogP contribution in [0.4, 0.5) is 0 Å². The van der Waals surface area contributed by atoms with Crippen molar-refractivity contribution in [3.8, 4) is 0 Å². The number of primary amides is 1. The molecule has 7 nitrogen and oxygen atoms in total. The van der Waals surface area contributed by atoms with Gasteiger partial charge in [-0.2, -0.15) is 0 Å². The largest absolute Gasteiger partial charge is 0.369 e. The number of hydrogen-bond acceptors (Lipinski definition) is 5. The van der Waals surface area contributed by atoms with E-state index >= 15 is 0 Å². The minimum atomic E-state index is -0.996. The van der Waals surface area contributed by atoms with Gasteiger partial charge in [0.2, 0.25) is 11.8 Å². The fourth-order valence-electron chi connectivity index (χ4n) is 3.81. The van der Waals surface area contributed by atoms with E-state index in [1.807, 2.05) is 30.3 Å². The summed E-state index contributed by atoms with van der Waals surface area (Å²) in [7, 11) is 0. The first-order valence-corrected chi connectivity index (χ1v) is 9.76. The molecule has 0 saturated carbocycles. The van der Waals surface area contributed by atoms with Gasteiger partial charge >= 0.3 is 0 Å². The number of Topliss-reactive ketones (excluding diaryl/α,β-unsaturated/α-hetero) is 1. The normalized spacial score (nSPS) is 24.8. The molecule has 2 aliphatic rings. The Labute approximate surface area is 165 Å². The number of ether oxygens (including phenoxy) is 1. The third-order valence-electron chi connectivity index (χ3n) is 5.74. The van der Waals surface area contributed by atoms with Crippen LogP contribution >= 0.6 is 0 Å². The lowest BCUT2D eigenvalue weighted by atomic mass is 9.78. The number of nitrogens with zero attached hydrogens (tertiary/aromatic N) is 1. The van der Waals surface area contributed by atoms with Gasteiger partial charge in [0.25, 0.3) is 0 Å². The van der Waals surface area contributed by atoms with Crippen molar-refractivity contribution in [3.63, 3.8) is 0 Å². The summed E-state index contributed by atoms with van der Waals surface area (Å²) in [5.74, 6) is -1.01. The van der Waals surface area contributed by atoms with Crippen molar-refractivity contribution >= 4 is 17.6 Å². The second-order valence-electron chi connectivity index (χ2n) is 7.78. The molecule has 3 N–H and O–H groups in total. The van der Waals surface area contributed by atoms with Crippen molar-refractivity contribution < 1.29 is 19.1 Å². The van der Waals surface area contributed by atoms with Crippen LogP contribution in [-0.2, 0) is 24.5 Å². The van der Waals surface area contributed by atoms with Crippen molar-refractivity contribution in [1.82, 2.24) is 10.2 Å². The number of likely N-dealkylation sites (tertiary alicyclic amines) is 1. The highest BCUT2D eigenvalue weighted by molar-refractivity contribution is 5.95. The van der Waals surface area contributed by atoms with Gasteiger partial charge in [-0.25, -0.2) is 0 Å². The van der Waals surface area contributed by atoms with E-state index < -0.39 is 23.3 Å². The number of benzene rings is 1. The number of nitrogens with two attached hydrogens (primary N) is 1. The molecule has 0 spiro atoms. The Hall–Kier alpha value is -2.25. The lowest BCUT2D eigenvalue weighted by molar-refractivity contribution is -0.125. The predicted molar refractivity (Wildman–Crippen MR) is 104 cm³/mol. The van der Waals surface area contributed by atoms with Crippen molar-refractivity contribution in [2.24, 2.45) is 5.73 Å². The second kappa shape index (κ2) is 8.84. The number of rotatable bonds is 8. The van der Waals surface area contributed by atoms with Gasteiger partial charge in [-0.1, -0.05) is 30.3 Å². The molecule has 7 heteroatoms. The molecule has 3 atom stereocenters. The average Bonchev–Trinajstić information content (AvgIpc) is 3.32. The highest BCUT2D eigenvalue weighted by atomic mass is 16.5. The maximum atomic E-state index is 12.5. The molecule has 1 radical (unpaired) electrons. The summed E-state index contributed by atoms with van der Waals surface area (Å²) in [4.78, 5) is 39.0. The quantitative estimate of drug-likeness (QED) is 0.680. The summed E-state index contributed by atoms with van der Waals surface area (Å²) >= 11 is 0. The lowest BCUT2D eigenvalue weighted by Crippen LogP contribution is -2.49. The number of carbonyl (C=O) groups excluding carboxylic acids is 3. The third-order valence-corrected chi connectivity index (χ3v) is 5.74. The zero-order chi connectivity index (χ0) is 20.1. The molecular formula is C21H28N3O4. The number of carbonyl (C=O) groups is 3. The predicted octanol–water partition coefficient (Wildman–Crippen LogP) is 0.572. The topological polar surface area (TPSA) is 102 Å². The van der Waals surface area contributed by atoms with E-state index in [0.29, 0.717) is 6.54 Å². The maximum absolute atomic E-state index is 12.5. The summed E-state index contributed by atoms with van der Waals surface area (Å²) in [6.45, 7) is 4.37. The van der Waals surface area contributed by atoms with Gasteiger partial charge in [0.05, 0.1) is 17.9 Å². The van der Waals surface area contributed by atoms with Gasteiger partial charge < -0.3 is 20.7 Å². The molecule has 1 aromatic rings. The average molecular weight is 386 g/mol. The van der Waals surface area contributed by atoms with Crippen molar-refractivity contribution in [2.45, 2.75) is 43.7 Å². The molecule has 2 amide bonds. The standard InChI is InChI=1S/C21H28N3O4/c1-21(20(22)27,15-7-3-2-4-8-15)10-9-18(26)23-19-16(25)14-28-17(19)13-24-11-5-6-12-24/h2-4,7-9,17,19H,5-6,10-14H2,1H3,(H2,22,27)(H,23,26). The Morgan fingerprint density at radius 2 is 1.96 bits per heavy atom. The van der Waals surface area contributed by atoms with Gasteiger partial charge in [-0.05, 0) is 44.8 Å². The Balaban J connectivity index is 1.59. The van der Waals surface area contributed by atoms with Crippen molar-refractivity contribution in [2.75, 3.05) is 26.2 Å². The SMILES string of the molecule is CC(C[CH]C(=O)NC1C(=O)COC1CN1CCCC1)(C(N)=O)c1ccccc1. The molecule has 0 aliphatic carbocycles. The van der Waals surface area contributed by atoms with Gasteiger partial charge in [0.1, 0.15) is 12.6 Å². The molecule has 3 unspecified atom stereocenters. The van der Waals surface area contributed by atoms with E-state index in [1.54, 1.807) is 6.92 Å². The van der Waals surface area contributed by atoms with Crippen LogP contribution in [0.3, 0.4) is 0 Å². The molecule has 0 aromatic heterocycles. The van der Waals surface area contributed by atoms with E-state index in [-0.39, 0.29) is 24.9 Å². The van der Waals surface area contributed by atoms with E-state index in [9.17, 15) is 14.4 Å². The highest BCUT2D eigenvalue weighted by Gasteiger charge is 2.39. The van der Waals surface area contributed by atoms with Crippen LogP contribution in [-0.4, -0.2) is 60.9 Å². The number of hydrogen-bond donors (Lipinski definition) is 2. The number of nitrogens with one attached hydrogen (secondary N) is 1. The van der Waals surface area contributed by atoms with Crippen LogP contribution in [0.15, 0.2) is 30.3 Å². The Morgan fingerprint density at radius 1 is 1.29 bits per heavy atom. The van der Waals surface area contributed by atoms with E-state index in [2.05, 4.69) is 10.2 Å². The fraction of sp³-hybridized carbons (Fsp3) is 0.524. The molecule has 0 bridgehead atoms. The Bertz CT molecular complexity index is 718. The first-order valence-electron chi connectivity index (χ1n) is 9.76. The number of amides is 2. The summed E-state index contributed by atoms with van der Waals surface area (Å²) < 4.78 is 5.60. The zero-order valence-corrected chi connectivity index (χ0v) is 16.2. The van der Waals surface area contributed by atoms with Crippen molar-refractivity contribution in [1.29, 1.82) is 0 Å². The maximum Gasteiger partial charge on any atom is 0.227 e. The van der Waals surface area contributed by atoms with E-state index in [0.717, 1.165) is 31.5 Å². The third kappa shape index (κ3) is 4.59. The fourth-order valence-corrected chi connectivity index (χ4v) is 3.81. The van der Waals surface area contributed by atoms with Crippen LogP contribution in [0, 0.1) is 6.42 Å². The summed E-state index contributed by atoms with van der Waals surface area (Å²) in [5.41, 5.74) is 5.37. The first-order chi connectivity index (χ1) is 13.4. The molecular weight excluding hydrogens is 358 g/mol. The minimum absolute atomic E-state index is 0.0203. The summed E-state index contributed by atoms with van der Waals surface area (Å²) in [5, 5.41) is 2.77. The van der Waals surface area contributed by atoms with Gasteiger partial charge in [0.15, 0.2) is 5.78 Å². The van der Waals surface area contributed by atoms with Crippen LogP contribution < -0.4 is 11.1 Å². The Kier molecular flexibility index (Phi) is 6.46. The van der Waals surface area contributed by atoms with E-state index in [4.69, 9.17) is 10.5 Å².